The first-order valence-electron chi connectivity index (χ1n) is 7.35. The van der Waals surface area contributed by atoms with Crippen molar-refractivity contribution >= 4 is 33.3 Å². The smallest absolute Gasteiger partial charge is 0.264 e. The summed E-state index contributed by atoms with van der Waals surface area (Å²) in [4.78, 5) is 4.01. The first-order chi connectivity index (χ1) is 11.8. The molecule has 0 amide bonds. The van der Waals surface area contributed by atoms with Crippen molar-refractivity contribution in [1.29, 1.82) is 0 Å². The van der Waals surface area contributed by atoms with Gasteiger partial charge in [0, 0.05) is 23.0 Å². The number of rotatable bonds is 6. The number of imidazole rings is 1. The lowest BCUT2D eigenvalue weighted by atomic mass is 10.1. The van der Waals surface area contributed by atoms with Gasteiger partial charge < -0.3 is 14.0 Å². The van der Waals surface area contributed by atoms with Crippen LogP contribution in [0, 0.1) is 0 Å². The molecule has 10 heteroatoms. The fourth-order valence-electron chi connectivity index (χ4n) is 2.57. The molecule has 0 radical (unpaired) electrons. The molecule has 136 valence electrons. The molecule has 1 aliphatic heterocycles. The Bertz CT molecular complexity index is 844. The minimum Gasteiger partial charge on any atom is -0.342 e. The number of halogens is 2. The first-order valence-corrected chi connectivity index (χ1v) is 9.92. The van der Waals surface area contributed by atoms with Gasteiger partial charge in [-0.3, -0.25) is 4.18 Å². The molecular weight excluding hydrogens is 391 g/mol. The second-order valence-corrected chi connectivity index (χ2v) is 8.14. The van der Waals surface area contributed by atoms with Crippen LogP contribution in [-0.4, -0.2) is 43.5 Å². The van der Waals surface area contributed by atoms with Crippen molar-refractivity contribution in [3.05, 3.63) is 52.5 Å². The van der Waals surface area contributed by atoms with E-state index in [-0.39, 0.29) is 19.8 Å². The lowest BCUT2D eigenvalue weighted by Crippen LogP contribution is -2.34. The molecule has 3 rings (SSSR count). The van der Waals surface area contributed by atoms with E-state index in [1.807, 2.05) is 0 Å². The third-order valence-corrected chi connectivity index (χ3v) is 4.73. The van der Waals surface area contributed by atoms with Gasteiger partial charge in [-0.25, -0.2) is 4.98 Å². The van der Waals surface area contributed by atoms with Crippen molar-refractivity contribution in [1.82, 2.24) is 9.55 Å². The van der Waals surface area contributed by atoms with E-state index >= 15 is 0 Å². The van der Waals surface area contributed by atoms with Crippen LogP contribution in [0.5, 0.6) is 0 Å². The van der Waals surface area contributed by atoms with Crippen molar-refractivity contribution in [2.45, 2.75) is 18.4 Å². The standard InChI is InChI=1S/C15H16Cl2N2O5S/c1-25(20,21)23-8-12-7-22-15(24-12,9-19-5-4-18-10-19)13-3-2-11(16)6-14(13)17/h2-6,10,12H,7-9H2,1H3/t12-,15+/m1/s1. The van der Waals surface area contributed by atoms with E-state index in [9.17, 15) is 8.42 Å². The van der Waals surface area contributed by atoms with E-state index in [0.29, 0.717) is 15.6 Å². The Balaban J connectivity index is 1.88. The number of benzene rings is 1. The average molecular weight is 407 g/mol. The quantitative estimate of drug-likeness (QED) is 0.685. The van der Waals surface area contributed by atoms with Crippen LogP contribution < -0.4 is 0 Å². The first kappa shape index (κ1) is 18.6. The minimum atomic E-state index is -3.57. The molecule has 0 aliphatic carbocycles. The van der Waals surface area contributed by atoms with E-state index < -0.39 is 22.0 Å². The molecule has 0 spiro atoms. The summed E-state index contributed by atoms with van der Waals surface area (Å²) >= 11 is 12.3. The highest BCUT2D eigenvalue weighted by Gasteiger charge is 2.45. The molecule has 1 saturated heterocycles. The number of nitrogens with zero attached hydrogens (tertiary/aromatic N) is 2. The molecule has 1 fully saturated rings. The summed E-state index contributed by atoms with van der Waals surface area (Å²) in [6.45, 7) is 0.294. The number of hydrogen-bond acceptors (Lipinski definition) is 6. The molecule has 2 heterocycles. The lowest BCUT2D eigenvalue weighted by Gasteiger charge is -2.29. The SMILES string of the molecule is CS(=O)(=O)OC[C@H]1CO[C@](Cn2ccnc2)(c2ccc(Cl)cc2Cl)O1. The average Bonchev–Trinajstić information content (AvgIpc) is 3.15. The zero-order valence-corrected chi connectivity index (χ0v) is 15.6. The molecule has 1 aromatic heterocycles. The molecular formula is C15H16Cl2N2O5S. The minimum absolute atomic E-state index is 0.143. The topological polar surface area (TPSA) is 79.7 Å². The van der Waals surface area contributed by atoms with Crippen LogP contribution in [0.4, 0.5) is 0 Å². The highest BCUT2D eigenvalue weighted by atomic mass is 35.5. The predicted molar refractivity (Wildman–Crippen MR) is 92.0 cm³/mol. The molecule has 0 bridgehead atoms. The summed E-state index contributed by atoms with van der Waals surface area (Å²) in [7, 11) is -3.57. The summed E-state index contributed by atoms with van der Waals surface area (Å²) < 4.78 is 41.0. The van der Waals surface area contributed by atoms with E-state index in [4.69, 9.17) is 36.9 Å². The molecule has 0 saturated carbocycles. The van der Waals surface area contributed by atoms with Crippen LogP contribution in [0.2, 0.25) is 10.0 Å². The van der Waals surface area contributed by atoms with Crippen molar-refractivity contribution in [3.8, 4) is 0 Å². The van der Waals surface area contributed by atoms with Gasteiger partial charge in [-0.2, -0.15) is 8.42 Å². The second-order valence-electron chi connectivity index (χ2n) is 5.65. The fraction of sp³-hybridized carbons (Fsp3) is 0.400. The number of ether oxygens (including phenoxy) is 2. The van der Waals surface area contributed by atoms with Crippen molar-refractivity contribution in [2.24, 2.45) is 0 Å². The third kappa shape index (κ3) is 4.52. The number of hydrogen-bond donors (Lipinski definition) is 0. The van der Waals surface area contributed by atoms with Gasteiger partial charge in [0.1, 0.15) is 6.10 Å². The second kappa shape index (κ2) is 7.22. The molecule has 0 unspecified atom stereocenters. The van der Waals surface area contributed by atoms with Gasteiger partial charge in [-0.05, 0) is 12.1 Å². The Kier molecular flexibility index (Phi) is 5.38. The van der Waals surface area contributed by atoms with Gasteiger partial charge in [0.25, 0.3) is 10.1 Å². The maximum absolute atomic E-state index is 11.2. The van der Waals surface area contributed by atoms with Gasteiger partial charge in [0.05, 0.1) is 37.4 Å². The maximum Gasteiger partial charge on any atom is 0.264 e. The Morgan fingerprint density at radius 1 is 1.44 bits per heavy atom. The Morgan fingerprint density at radius 3 is 2.88 bits per heavy atom. The van der Waals surface area contributed by atoms with Crippen molar-refractivity contribution in [3.63, 3.8) is 0 Å². The predicted octanol–water partition coefficient (Wildman–Crippen LogP) is 2.43. The monoisotopic (exact) mass is 406 g/mol. The Hall–Kier alpha value is -1.16. The van der Waals surface area contributed by atoms with Crippen LogP contribution in [0.25, 0.3) is 0 Å². The fourth-order valence-corrected chi connectivity index (χ4v) is 3.53. The van der Waals surface area contributed by atoms with E-state index in [1.54, 1.807) is 41.5 Å². The zero-order chi connectivity index (χ0) is 18.1. The van der Waals surface area contributed by atoms with Crippen molar-refractivity contribution < 1.29 is 22.1 Å². The van der Waals surface area contributed by atoms with Crippen LogP contribution in [-0.2, 0) is 36.1 Å². The van der Waals surface area contributed by atoms with Crippen LogP contribution in [0.1, 0.15) is 5.56 Å². The van der Waals surface area contributed by atoms with Crippen LogP contribution in [0.15, 0.2) is 36.9 Å². The zero-order valence-electron chi connectivity index (χ0n) is 13.3. The molecule has 25 heavy (non-hydrogen) atoms. The summed E-state index contributed by atoms with van der Waals surface area (Å²) in [6, 6.07) is 5.01. The van der Waals surface area contributed by atoms with E-state index in [1.165, 1.54) is 0 Å². The highest BCUT2D eigenvalue weighted by Crippen LogP contribution is 2.40. The molecule has 0 N–H and O–H groups in total. The molecule has 2 atom stereocenters. The third-order valence-electron chi connectivity index (χ3n) is 3.62. The lowest BCUT2D eigenvalue weighted by molar-refractivity contribution is -0.189. The normalized spacial score (nSPS) is 23.9. The van der Waals surface area contributed by atoms with Crippen molar-refractivity contribution in [2.75, 3.05) is 19.5 Å². The Morgan fingerprint density at radius 2 is 2.24 bits per heavy atom. The number of aromatic nitrogens is 2. The molecule has 7 nitrogen and oxygen atoms in total. The highest BCUT2D eigenvalue weighted by molar-refractivity contribution is 7.85. The largest absolute Gasteiger partial charge is 0.342 e. The van der Waals surface area contributed by atoms with Crippen LogP contribution in [0.3, 0.4) is 0 Å². The summed E-state index contributed by atoms with van der Waals surface area (Å²) in [6.07, 6.45) is 5.44. The molecule has 2 aromatic rings. The van der Waals surface area contributed by atoms with E-state index in [2.05, 4.69) is 4.98 Å². The summed E-state index contributed by atoms with van der Waals surface area (Å²) in [5, 5.41) is 0.874. The van der Waals surface area contributed by atoms with Gasteiger partial charge in [-0.1, -0.05) is 29.3 Å². The van der Waals surface area contributed by atoms with Gasteiger partial charge >= 0.3 is 0 Å². The van der Waals surface area contributed by atoms with Gasteiger partial charge in [0.2, 0.25) is 5.79 Å². The van der Waals surface area contributed by atoms with Crippen LogP contribution >= 0.6 is 23.2 Å². The molecule has 1 aliphatic rings. The molecule has 1 aromatic carbocycles. The van der Waals surface area contributed by atoms with Gasteiger partial charge in [-0.15, -0.1) is 0 Å². The summed E-state index contributed by atoms with van der Waals surface area (Å²) in [5.74, 6) is -1.20. The van der Waals surface area contributed by atoms with E-state index in [0.717, 1.165) is 6.26 Å². The summed E-state index contributed by atoms with van der Waals surface area (Å²) in [5.41, 5.74) is 0.592. The Labute approximate surface area is 155 Å². The maximum atomic E-state index is 11.2. The van der Waals surface area contributed by atoms with Gasteiger partial charge in [0.15, 0.2) is 0 Å².